The van der Waals surface area contributed by atoms with Crippen LogP contribution < -0.4 is 5.32 Å². The van der Waals surface area contributed by atoms with E-state index in [0.717, 1.165) is 17.7 Å². The minimum Gasteiger partial charge on any atom is -0.317 e. The van der Waals surface area contributed by atoms with Gasteiger partial charge in [-0.1, -0.05) is 6.92 Å². The number of thiol groups is 1. The monoisotopic (exact) mass is 202 g/mol. The average molecular weight is 202 g/mol. The Morgan fingerprint density at radius 3 is 2.54 bits per heavy atom. The molecule has 1 aliphatic heterocycles. The normalized spacial score (nSPS) is 23.3. The molecule has 1 unspecified atom stereocenters. The van der Waals surface area contributed by atoms with Gasteiger partial charge in [-0.15, -0.1) is 0 Å². The Morgan fingerprint density at radius 2 is 2.08 bits per heavy atom. The number of rotatable bonds is 4. The largest absolute Gasteiger partial charge is 0.317 e. The molecular weight excluding hydrogens is 180 g/mol. The van der Waals surface area contributed by atoms with E-state index in [1.807, 2.05) is 0 Å². The van der Waals surface area contributed by atoms with Crippen molar-refractivity contribution in [1.82, 2.24) is 10.2 Å². The molecule has 1 aliphatic rings. The van der Waals surface area contributed by atoms with Crippen LogP contribution >= 0.6 is 12.6 Å². The zero-order valence-electron chi connectivity index (χ0n) is 8.79. The zero-order valence-corrected chi connectivity index (χ0v) is 9.69. The van der Waals surface area contributed by atoms with Gasteiger partial charge in [0, 0.05) is 12.6 Å². The molecule has 0 aromatic carbocycles. The van der Waals surface area contributed by atoms with Crippen molar-refractivity contribution in [3.8, 4) is 0 Å². The molecule has 1 atom stereocenters. The molecule has 78 valence electrons. The van der Waals surface area contributed by atoms with Gasteiger partial charge >= 0.3 is 0 Å². The number of hydrogen-bond acceptors (Lipinski definition) is 3. The predicted molar refractivity (Wildman–Crippen MR) is 61.5 cm³/mol. The van der Waals surface area contributed by atoms with Gasteiger partial charge in [0.2, 0.25) is 0 Å². The lowest BCUT2D eigenvalue weighted by atomic mass is 10.0. The van der Waals surface area contributed by atoms with Crippen molar-refractivity contribution in [2.24, 2.45) is 5.92 Å². The van der Waals surface area contributed by atoms with Crippen LogP contribution in [0.25, 0.3) is 0 Å². The van der Waals surface area contributed by atoms with Gasteiger partial charge in [0.1, 0.15) is 0 Å². The number of hydrogen-bond donors (Lipinski definition) is 2. The molecule has 0 amide bonds. The molecule has 0 saturated carbocycles. The summed E-state index contributed by atoms with van der Waals surface area (Å²) in [7, 11) is 2.07. The second-order valence-electron chi connectivity index (χ2n) is 4.15. The molecule has 1 heterocycles. The molecule has 0 aliphatic carbocycles. The first-order valence-corrected chi connectivity index (χ1v) is 5.90. The van der Waals surface area contributed by atoms with E-state index >= 15 is 0 Å². The summed E-state index contributed by atoms with van der Waals surface area (Å²) >= 11 is 4.31. The van der Waals surface area contributed by atoms with Crippen molar-refractivity contribution in [3.05, 3.63) is 0 Å². The molecule has 0 aromatic heterocycles. The van der Waals surface area contributed by atoms with Gasteiger partial charge in [-0.25, -0.2) is 0 Å². The van der Waals surface area contributed by atoms with Crippen LogP contribution in [-0.2, 0) is 0 Å². The smallest absolute Gasteiger partial charge is 0.00884 e. The Labute approximate surface area is 87.5 Å². The molecule has 2 nitrogen and oxygen atoms in total. The average Bonchev–Trinajstić information content (AvgIpc) is 2.19. The fourth-order valence-electron chi connectivity index (χ4n) is 1.90. The van der Waals surface area contributed by atoms with E-state index < -0.39 is 0 Å². The second-order valence-corrected chi connectivity index (χ2v) is 4.52. The molecule has 0 radical (unpaired) electrons. The Hall–Kier alpha value is 0.270. The highest BCUT2D eigenvalue weighted by Crippen LogP contribution is 2.12. The highest BCUT2D eigenvalue weighted by Gasteiger charge is 2.18. The lowest BCUT2D eigenvalue weighted by Crippen LogP contribution is -2.42. The molecule has 1 N–H and O–H groups in total. The van der Waals surface area contributed by atoms with Crippen LogP contribution in [0.4, 0.5) is 0 Å². The Kier molecular flexibility index (Phi) is 5.14. The van der Waals surface area contributed by atoms with Crippen LogP contribution in [0, 0.1) is 5.92 Å². The maximum atomic E-state index is 4.31. The fraction of sp³-hybridized carbons (Fsp3) is 1.00. The van der Waals surface area contributed by atoms with Crippen LogP contribution in [0.15, 0.2) is 0 Å². The maximum absolute atomic E-state index is 4.31. The summed E-state index contributed by atoms with van der Waals surface area (Å²) < 4.78 is 0. The van der Waals surface area contributed by atoms with E-state index in [9.17, 15) is 0 Å². The van der Waals surface area contributed by atoms with Crippen LogP contribution in [0.5, 0.6) is 0 Å². The van der Waals surface area contributed by atoms with Crippen molar-refractivity contribution in [1.29, 1.82) is 0 Å². The predicted octanol–water partition coefficient (Wildman–Crippen LogP) is 1.24. The van der Waals surface area contributed by atoms with Gasteiger partial charge in [0.25, 0.3) is 0 Å². The first-order valence-electron chi connectivity index (χ1n) is 5.26. The number of nitrogens with zero attached hydrogens (tertiary/aromatic N) is 1. The third-order valence-corrected chi connectivity index (χ3v) is 3.50. The minimum absolute atomic E-state index is 0.731. The Balaban J connectivity index is 2.17. The topological polar surface area (TPSA) is 15.3 Å². The van der Waals surface area contributed by atoms with E-state index in [2.05, 4.69) is 36.8 Å². The summed E-state index contributed by atoms with van der Waals surface area (Å²) in [6, 6.07) is 0.752. The van der Waals surface area contributed by atoms with Crippen molar-refractivity contribution in [2.45, 2.75) is 25.8 Å². The third-order valence-electron chi connectivity index (χ3n) is 2.88. The molecule has 3 heteroatoms. The van der Waals surface area contributed by atoms with Gasteiger partial charge in [0.05, 0.1) is 0 Å². The zero-order chi connectivity index (χ0) is 9.68. The highest BCUT2D eigenvalue weighted by atomic mass is 32.1. The molecule has 13 heavy (non-hydrogen) atoms. The maximum Gasteiger partial charge on any atom is 0.00884 e. The van der Waals surface area contributed by atoms with Crippen LogP contribution in [0.3, 0.4) is 0 Å². The van der Waals surface area contributed by atoms with E-state index in [1.54, 1.807) is 0 Å². The summed E-state index contributed by atoms with van der Waals surface area (Å²) in [5.74, 6) is 1.74. The van der Waals surface area contributed by atoms with Gasteiger partial charge in [0.15, 0.2) is 0 Å². The minimum atomic E-state index is 0.731. The fourth-order valence-corrected chi connectivity index (χ4v) is 2.02. The van der Waals surface area contributed by atoms with Gasteiger partial charge in [-0.3, -0.25) is 0 Å². The lowest BCUT2D eigenvalue weighted by Gasteiger charge is -2.33. The first kappa shape index (κ1) is 11.3. The highest BCUT2D eigenvalue weighted by molar-refractivity contribution is 7.80. The summed E-state index contributed by atoms with van der Waals surface area (Å²) in [6.07, 6.45) is 2.60. The summed E-state index contributed by atoms with van der Waals surface area (Å²) in [6.45, 7) is 6.00. The first-order chi connectivity index (χ1) is 6.26. The van der Waals surface area contributed by atoms with E-state index in [0.29, 0.717) is 0 Å². The Bertz CT molecular complexity index is 133. The SMILES string of the molecule is CNC1CCN(CC(C)CS)CC1. The van der Waals surface area contributed by atoms with Crippen LogP contribution in [0.2, 0.25) is 0 Å². The summed E-state index contributed by atoms with van der Waals surface area (Å²) in [4.78, 5) is 2.56. The van der Waals surface area contributed by atoms with E-state index in [1.165, 1.54) is 32.5 Å². The van der Waals surface area contributed by atoms with Crippen LogP contribution in [-0.4, -0.2) is 43.4 Å². The van der Waals surface area contributed by atoms with Crippen molar-refractivity contribution in [2.75, 3.05) is 32.4 Å². The lowest BCUT2D eigenvalue weighted by molar-refractivity contribution is 0.184. The molecule has 1 saturated heterocycles. The standard InChI is InChI=1S/C10H22N2S/c1-9(8-13)7-12-5-3-10(11-2)4-6-12/h9-11,13H,3-8H2,1-2H3. The summed E-state index contributed by atoms with van der Waals surface area (Å²) in [5, 5.41) is 3.35. The number of nitrogens with one attached hydrogen (secondary N) is 1. The van der Waals surface area contributed by atoms with E-state index in [-0.39, 0.29) is 0 Å². The molecule has 0 aromatic rings. The van der Waals surface area contributed by atoms with E-state index in [4.69, 9.17) is 0 Å². The number of piperidine rings is 1. The van der Waals surface area contributed by atoms with Crippen molar-refractivity contribution < 1.29 is 0 Å². The van der Waals surface area contributed by atoms with Crippen molar-refractivity contribution in [3.63, 3.8) is 0 Å². The Morgan fingerprint density at radius 1 is 1.46 bits per heavy atom. The second kappa shape index (κ2) is 5.89. The molecule has 1 rings (SSSR count). The summed E-state index contributed by atoms with van der Waals surface area (Å²) in [5.41, 5.74) is 0. The molecule has 1 fully saturated rings. The third kappa shape index (κ3) is 3.88. The van der Waals surface area contributed by atoms with Crippen LogP contribution in [0.1, 0.15) is 19.8 Å². The number of likely N-dealkylation sites (tertiary alicyclic amines) is 1. The quantitative estimate of drug-likeness (QED) is 0.667. The van der Waals surface area contributed by atoms with Gasteiger partial charge in [-0.2, -0.15) is 12.6 Å². The van der Waals surface area contributed by atoms with Gasteiger partial charge < -0.3 is 10.2 Å². The van der Waals surface area contributed by atoms with Crippen molar-refractivity contribution >= 4 is 12.6 Å². The molecular formula is C10H22N2S. The molecule has 0 bridgehead atoms. The van der Waals surface area contributed by atoms with Gasteiger partial charge in [-0.05, 0) is 44.6 Å². The molecule has 0 spiro atoms.